The molecule has 3 amide bonds. The maximum atomic E-state index is 13.0. The van der Waals surface area contributed by atoms with Crippen LogP contribution in [-0.2, 0) is 14.3 Å². The number of nitrogens with zero attached hydrogens (tertiary/aromatic N) is 1. The molecular weight excluding hydrogens is 442 g/mol. The fraction of sp³-hybridized carbons (Fsp3) is 0.607. The van der Waals surface area contributed by atoms with E-state index in [0.29, 0.717) is 36.5 Å². The molecule has 2 N–H and O–H groups in total. The van der Waals surface area contributed by atoms with E-state index in [9.17, 15) is 14.4 Å². The Labute approximate surface area is 210 Å². The Bertz CT molecular complexity index is 877. The minimum atomic E-state index is -0.608. The van der Waals surface area contributed by atoms with Gasteiger partial charge >= 0.3 is 12.0 Å². The second-order valence-electron chi connectivity index (χ2n) is 9.71. The Balaban J connectivity index is 2.10. The first-order valence-electron chi connectivity index (χ1n) is 13.1. The van der Waals surface area contributed by atoms with Gasteiger partial charge in [0.15, 0.2) is 0 Å². The fourth-order valence-electron chi connectivity index (χ4n) is 4.16. The molecule has 7 heteroatoms. The van der Waals surface area contributed by atoms with Gasteiger partial charge in [-0.2, -0.15) is 0 Å². The highest BCUT2D eigenvalue weighted by Crippen LogP contribution is 2.32. The first-order chi connectivity index (χ1) is 16.8. The summed E-state index contributed by atoms with van der Waals surface area (Å²) in [6.45, 7) is 10.8. The minimum Gasteiger partial charge on any atom is -0.462 e. The van der Waals surface area contributed by atoms with Gasteiger partial charge in [-0.25, -0.2) is 9.59 Å². The summed E-state index contributed by atoms with van der Waals surface area (Å²) >= 11 is 0. The molecule has 1 aromatic carbocycles. The van der Waals surface area contributed by atoms with Crippen molar-refractivity contribution in [2.24, 2.45) is 5.92 Å². The van der Waals surface area contributed by atoms with Gasteiger partial charge in [-0.1, -0.05) is 71.9 Å². The Morgan fingerprint density at radius 3 is 2.31 bits per heavy atom. The molecular formula is C28H43N3O4. The van der Waals surface area contributed by atoms with Gasteiger partial charge in [0.25, 0.3) is 0 Å². The van der Waals surface area contributed by atoms with E-state index in [1.165, 1.54) is 25.7 Å². The molecule has 1 aliphatic heterocycles. The number of carbonyl (C=O) groups excluding carboxylic acids is 3. The molecule has 7 nitrogen and oxygen atoms in total. The quantitative estimate of drug-likeness (QED) is 0.238. The Hall–Kier alpha value is -2.83. The number of allylic oxidation sites excluding steroid dienone is 1. The zero-order chi connectivity index (χ0) is 25.8. The molecule has 1 unspecified atom stereocenters. The maximum absolute atomic E-state index is 13.0. The van der Waals surface area contributed by atoms with Gasteiger partial charge in [-0.15, -0.1) is 0 Å². The van der Waals surface area contributed by atoms with E-state index in [2.05, 4.69) is 17.6 Å². The molecule has 0 radical (unpaired) electrons. The molecule has 2 rings (SSSR count). The number of nitrogens with one attached hydrogen (secondary N) is 2. The summed E-state index contributed by atoms with van der Waals surface area (Å²) in [5, 5.41) is 5.91. The number of ether oxygens (including phenoxy) is 1. The van der Waals surface area contributed by atoms with Crippen molar-refractivity contribution in [2.75, 3.05) is 18.5 Å². The number of hydrogen-bond donors (Lipinski definition) is 2. The van der Waals surface area contributed by atoms with E-state index < -0.39 is 12.0 Å². The molecule has 0 aromatic heterocycles. The largest absolute Gasteiger partial charge is 0.462 e. The molecule has 0 spiro atoms. The minimum absolute atomic E-state index is 0.00288. The van der Waals surface area contributed by atoms with Crippen LogP contribution in [0.2, 0.25) is 0 Å². The molecule has 194 valence electrons. The molecule has 0 fully saturated rings. The Kier molecular flexibility index (Phi) is 11.8. The smallest absolute Gasteiger partial charge is 0.338 e. The topological polar surface area (TPSA) is 87.7 Å². The third-order valence-corrected chi connectivity index (χ3v) is 6.10. The lowest BCUT2D eigenvalue weighted by Crippen LogP contribution is -2.48. The standard InChI is InChI=1S/C28H43N3O4/c1-6-8-9-10-11-12-13-24(32)29-23-16-14-22(15-17-23)26-25(27(33)35-19-20(3)4)21(5)31(18-7-2)28(34)30-26/h14-17,20,26H,6-13,18-19H2,1-5H3,(H,29,32)(H,30,34). The van der Waals surface area contributed by atoms with Gasteiger partial charge in [0.2, 0.25) is 5.91 Å². The van der Waals surface area contributed by atoms with Crippen LogP contribution in [0.25, 0.3) is 0 Å². The summed E-state index contributed by atoms with van der Waals surface area (Å²) in [7, 11) is 0. The van der Waals surface area contributed by atoms with Gasteiger partial charge in [-0.3, -0.25) is 9.69 Å². The van der Waals surface area contributed by atoms with Crippen LogP contribution in [0.5, 0.6) is 0 Å². The van der Waals surface area contributed by atoms with Gasteiger partial charge in [0.05, 0.1) is 18.2 Å². The molecule has 1 atom stereocenters. The van der Waals surface area contributed by atoms with Crippen LogP contribution in [0.1, 0.15) is 97.6 Å². The van der Waals surface area contributed by atoms with Gasteiger partial charge in [-0.05, 0) is 43.4 Å². The molecule has 35 heavy (non-hydrogen) atoms. The zero-order valence-corrected chi connectivity index (χ0v) is 22.1. The number of rotatable bonds is 14. The summed E-state index contributed by atoms with van der Waals surface area (Å²) in [5.41, 5.74) is 2.52. The highest BCUT2D eigenvalue weighted by molar-refractivity contribution is 5.95. The van der Waals surface area contributed by atoms with Crippen molar-refractivity contribution in [3.8, 4) is 0 Å². The van der Waals surface area contributed by atoms with Crippen molar-refractivity contribution in [2.45, 2.75) is 92.0 Å². The van der Waals surface area contributed by atoms with Gasteiger partial charge in [0, 0.05) is 24.4 Å². The summed E-state index contributed by atoms with van der Waals surface area (Å²) in [6.07, 6.45) is 8.12. The predicted octanol–water partition coefficient (Wildman–Crippen LogP) is 6.33. The van der Waals surface area contributed by atoms with Gasteiger partial charge in [0.1, 0.15) is 0 Å². The van der Waals surface area contributed by atoms with Crippen molar-refractivity contribution >= 4 is 23.6 Å². The second-order valence-corrected chi connectivity index (χ2v) is 9.71. The van der Waals surface area contributed by atoms with E-state index in [1.807, 2.05) is 45.0 Å². The van der Waals surface area contributed by atoms with Crippen LogP contribution in [-0.4, -0.2) is 36.0 Å². The number of hydrogen-bond acceptors (Lipinski definition) is 4. The number of anilines is 1. The monoisotopic (exact) mass is 485 g/mol. The van der Waals surface area contributed by atoms with E-state index in [1.54, 1.807) is 11.8 Å². The van der Waals surface area contributed by atoms with Crippen LogP contribution >= 0.6 is 0 Å². The molecule has 0 saturated carbocycles. The molecule has 0 saturated heterocycles. The lowest BCUT2D eigenvalue weighted by atomic mass is 9.94. The normalized spacial score (nSPS) is 15.9. The average Bonchev–Trinajstić information content (AvgIpc) is 2.82. The fourth-order valence-corrected chi connectivity index (χ4v) is 4.16. The Morgan fingerprint density at radius 2 is 1.69 bits per heavy atom. The summed E-state index contributed by atoms with van der Waals surface area (Å²) < 4.78 is 5.54. The van der Waals surface area contributed by atoms with Crippen molar-refractivity contribution in [3.05, 3.63) is 41.1 Å². The predicted molar refractivity (Wildman–Crippen MR) is 140 cm³/mol. The van der Waals surface area contributed by atoms with Crippen LogP contribution in [0.4, 0.5) is 10.5 Å². The third-order valence-electron chi connectivity index (χ3n) is 6.10. The molecule has 0 bridgehead atoms. The number of amides is 3. The van der Waals surface area contributed by atoms with Gasteiger partial charge < -0.3 is 15.4 Å². The second kappa shape index (κ2) is 14.5. The molecule has 1 aliphatic rings. The maximum Gasteiger partial charge on any atom is 0.338 e. The van der Waals surface area contributed by atoms with E-state index >= 15 is 0 Å². The summed E-state index contributed by atoms with van der Waals surface area (Å²) in [6, 6.07) is 6.46. The highest BCUT2D eigenvalue weighted by Gasteiger charge is 2.36. The number of esters is 1. The first kappa shape index (κ1) is 28.4. The van der Waals surface area contributed by atoms with E-state index in [0.717, 1.165) is 24.8 Å². The molecule has 0 aliphatic carbocycles. The van der Waals surface area contributed by atoms with E-state index in [-0.39, 0.29) is 17.9 Å². The van der Waals surface area contributed by atoms with Crippen molar-refractivity contribution in [1.82, 2.24) is 10.2 Å². The van der Waals surface area contributed by atoms with Crippen LogP contribution < -0.4 is 10.6 Å². The van der Waals surface area contributed by atoms with Crippen LogP contribution in [0, 0.1) is 5.92 Å². The number of unbranched alkanes of at least 4 members (excludes halogenated alkanes) is 5. The van der Waals surface area contributed by atoms with Crippen LogP contribution in [0.3, 0.4) is 0 Å². The Morgan fingerprint density at radius 1 is 1.03 bits per heavy atom. The number of benzene rings is 1. The SMILES string of the molecule is CCCCCCCCC(=O)Nc1ccc(C2NC(=O)N(CCC)C(C)=C2C(=O)OCC(C)C)cc1. The van der Waals surface area contributed by atoms with Crippen molar-refractivity contribution in [3.63, 3.8) is 0 Å². The zero-order valence-electron chi connectivity index (χ0n) is 22.1. The number of urea groups is 1. The number of carbonyl (C=O) groups is 3. The molecule has 1 aromatic rings. The lowest BCUT2D eigenvalue weighted by Gasteiger charge is -2.35. The summed E-state index contributed by atoms with van der Waals surface area (Å²) in [5.74, 6) is -0.204. The molecule has 1 heterocycles. The first-order valence-corrected chi connectivity index (χ1v) is 13.1. The van der Waals surface area contributed by atoms with Crippen molar-refractivity contribution < 1.29 is 19.1 Å². The lowest BCUT2D eigenvalue weighted by molar-refractivity contribution is -0.140. The summed E-state index contributed by atoms with van der Waals surface area (Å²) in [4.78, 5) is 39.7. The van der Waals surface area contributed by atoms with Crippen molar-refractivity contribution in [1.29, 1.82) is 0 Å². The highest BCUT2D eigenvalue weighted by atomic mass is 16.5. The third kappa shape index (κ3) is 8.71. The van der Waals surface area contributed by atoms with Crippen LogP contribution in [0.15, 0.2) is 35.5 Å². The van der Waals surface area contributed by atoms with E-state index in [4.69, 9.17) is 4.74 Å². The average molecular weight is 486 g/mol.